The van der Waals surface area contributed by atoms with Crippen molar-refractivity contribution in [2.24, 2.45) is 0 Å². The van der Waals surface area contributed by atoms with Crippen molar-refractivity contribution in [3.63, 3.8) is 0 Å². The molecule has 3 amide bonds. The summed E-state index contributed by atoms with van der Waals surface area (Å²) in [6.07, 6.45) is 3.98. The van der Waals surface area contributed by atoms with Gasteiger partial charge in [-0.05, 0) is 29.8 Å². The standard InChI is InChI=1S/C22H21FN4O2/c1-2-12-27-18-14-26(13-10-17-5-3-4-11-24-17)21(28)19(18)20(25-22(27)29)15-6-8-16(23)9-7-15/h2-9,11,20H,1,10,12-14H2,(H,25,29)/t20-/m0/s1. The van der Waals surface area contributed by atoms with Crippen molar-refractivity contribution in [3.05, 3.63) is 89.7 Å². The van der Waals surface area contributed by atoms with Crippen LogP contribution in [0.15, 0.2) is 72.6 Å². The summed E-state index contributed by atoms with van der Waals surface area (Å²) in [4.78, 5) is 33.5. The molecule has 1 aromatic heterocycles. The van der Waals surface area contributed by atoms with E-state index in [1.165, 1.54) is 12.1 Å². The van der Waals surface area contributed by atoms with Gasteiger partial charge in [0.05, 0.1) is 23.9 Å². The first-order valence-electron chi connectivity index (χ1n) is 9.45. The number of amides is 3. The van der Waals surface area contributed by atoms with Gasteiger partial charge in [0.15, 0.2) is 0 Å². The summed E-state index contributed by atoms with van der Waals surface area (Å²) in [7, 11) is 0. The average Bonchev–Trinajstić information content (AvgIpc) is 3.06. The SMILES string of the molecule is C=CCN1C(=O)N[C@@H](c2ccc(F)cc2)C2=C1CN(CCc1ccccn1)C2=O. The molecule has 29 heavy (non-hydrogen) atoms. The Morgan fingerprint density at radius 2 is 2.00 bits per heavy atom. The molecule has 0 saturated carbocycles. The molecule has 3 heterocycles. The fraction of sp³-hybridized carbons (Fsp3) is 0.227. The summed E-state index contributed by atoms with van der Waals surface area (Å²) in [5.41, 5.74) is 2.77. The molecule has 6 nitrogen and oxygen atoms in total. The molecule has 2 aromatic rings. The highest BCUT2D eigenvalue weighted by atomic mass is 19.1. The van der Waals surface area contributed by atoms with Crippen LogP contribution in [0.4, 0.5) is 9.18 Å². The molecule has 148 valence electrons. The summed E-state index contributed by atoms with van der Waals surface area (Å²) >= 11 is 0. The molecule has 0 saturated heterocycles. The van der Waals surface area contributed by atoms with Crippen LogP contribution in [0.25, 0.3) is 0 Å². The first-order chi connectivity index (χ1) is 14.1. The molecule has 2 aliphatic rings. The second-order valence-corrected chi connectivity index (χ2v) is 6.99. The Morgan fingerprint density at radius 3 is 2.69 bits per heavy atom. The van der Waals surface area contributed by atoms with Crippen molar-refractivity contribution < 1.29 is 14.0 Å². The zero-order chi connectivity index (χ0) is 20.4. The van der Waals surface area contributed by atoms with Gasteiger partial charge in [-0.1, -0.05) is 24.3 Å². The molecule has 0 fully saturated rings. The number of rotatable bonds is 6. The van der Waals surface area contributed by atoms with Crippen molar-refractivity contribution in [2.75, 3.05) is 19.6 Å². The molecular formula is C22H21FN4O2. The summed E-state index contributed by atoms with van der Waals surface area (Å²) in [6, 6.07) is 10.6. The van der Waals surface area contributed by atoms with Gasteiger partial charge in [-0.15, -0.1) is 6.58 Å². The normalized spacial score (nSPS) is 18.7. The smallest absolute Gasteiger partial charge is 0.322 e. The Balaban J connectivity index is 1.63. The summed E-state index contributed by atoms with van der Waals surface area (Å²) in [6.45, 7) is 4.86. The van der Waals surface area contributed by atoms with Crippen molar-refractivity contribution >= 4 is 11.9 Å². The number of halogens is 1. The highest BCUT2D eigenvalue weighted by Crippen LogP contribution is 2.36. The number of carbonyl (C=O) groups is 2. The topological polar surface area (TPSA) is 65.5 Å². The lowest BCUT2D eigenvalue weighted by atomic mass is 9.95. The lowest BCUT2D eigenvalue weighted by Gasteiger charge is -2.33. The molecule has 0 unspecified atom stereocenters. The molecule has 4 rings (SSSR count). The summed E-state index contributed by atoms with van der Waals surface area (Å²) in [5.74, 6) is -0.493. The van der Waals surface area contributed by atoms with Gasteiger partial charge in [-0.25, -0.2) is 9.18 Å². The van der Waals surface area contributed by atoms with E-state index in [0.717, 1.165) is 5.69 Å². The molecule has 0 aliphatic carbocycles. The minimum atomic E-state index is -0.605. The van der Waals surface area contributed by atoms with E-state index < -0.39 is 6.04 Å². The lowest BCUT2D eigenvalue weighted by molar-refractivity contribution is -0.125. The molecular weight excluding hydrogens is 371 g/mol. The monoisotopic (exact) mass is 392 g/mol. The quantitative estimate of drug-likeness (QED) is 0.769. The minimum Gasteiger partial charge on any atom is -0.333 e. The van der Waals surface area contributed by atoms with E-state index in [1.54, 1.807) is 34.2 Å². The molecule has 0 radical (unpaired) electrons. The number of nitrogens with zero attached hydrogens (tertiary/aromatic N) is 3. The first kappa shape index (κ1) is 18.9. The third-order valence-corrected chi connectivity index (χ3v) is 5.18. The number of nitrogens with one attached hydrogen (secondary N) is 1. The van der Waals surface area contributed by atoms with E-state index in [9.17, 15) is 14.0 Å². The largest absolute Gasteiger partial charge is 0.333 e. The number of benzene rings is 1. The number of carbonyl (C=O) groups excluding carboxylic acids is 2. The van der Waals surface area contributed by atoms with Crippen LogP contribution >= 0.6 is 0 Å². The van der Waals surface area contributed by atoms with Crippen LogP contribution in [0, 0.1) is 5.82 Å². The second kappa shape index (κ2) is 7.87. The van der Waals surface area contributed by atoms with E-state index in [2.05, 4.69) is 16.9 Å². The molecule has 0 spiro atoms. The number of urea groups is 1. The van der Waals surface area contributed by atoms with E-state index in [4.69, 9.17) is 0 Å². The van der Waals surface area contributed by atoms with Crippen LogP contribution in [0.1, 0.15) is 17.3 Å². The van der Waals surface area contributed by atoms with Gasteiger partial charge in [-0.2, -0.15) is 0 Å². The average molecular weight is 392 g/mol. The van der Waals surface area contributed by atoms with Gasteiger partial charge in [0.2, 0.25) is 0 Å². The maximum absolute atomic E-state index is 13.4. The highest BCUT2D eigenvalue weighted by molar-refractivity contribution is 6.01. The molecule has 7 heteroatoms. The fourth-order valence-electron chi connectivity index (χ4n) is 3.75. The summed E-state index contributed by atoms with van der Waals surface area (Å²) < 4.78 is 13.4. The van der Waals surface area contributed by atoms with Gasteiger partial charge in [0.25, 0.3) is 5.91 Å². The Morgan fingerprint density at radius 1 is 1.21 bits per heavy atom. The number of hydrogen-bond donors (Lipinski definition) is 1. The van der Waals surface area contributed by atoms with Gasteiger partial charge in [0, 0.05) is 31.4 Å². The van der Waals surface area contributed by atoms with E-state index in [1.807, 2.05) is 18.2 Å². The first-order valence-corrected chi connectivity index (χ1v) is 9.45. The van der Waals surface area contributed by atoms with Crippen LogP contribution in [0.5, 0.6) is 0 Å². The zero-order valence-corrected chi connectivity index (χ0v) is 15.8. The van der Waals surface area contributed by atoms with Crippen molar-refractivity contribution in [1.29, 1.82) is 0 Å². The van der Waals surface area contributed by atoms with Crippen LogP contribution in [0.3, 0.4) is 0 Å². The third-order valence-electron chi connectivity index (χ3n) is 5.18. The van der Waals surface area contributed by atoms with E-state index in [0.29, 0.717) is 42.9 Å². The molecule has 1 aromatic carbocycles. The van der Waals surface area contributed by atoms with E-state index in [-0.39, 0.29) is 17.8 Å². The minimum absolute atomic E-state index is 0.126. The maximum atomic E-state index is 13.4. The van der Waals surface area contributed by atoms with Gasteiger partial charge >= 0.3 is 6.03 Å². The predicted molar refractivity (Wildman–Crippen MR) is 106 cm³/mol. The summed E-state index contributed by atoms with van der Waals surface area (Å²) in [5, 5.41) is 2.88. The Bertz CT molecular complexity index is 972. The van der Waals surface area contributed by atoms with Gasteiger partial charge in [-0.3, -0.25) is 14.7 Å². The van der Waals surface area contributed by atoms with Crippen molar-refractivity contribution in [1.82, 2.24) is 20.1 Å². The van der Waals surface area contributed by atoms with Crippen LogP contribution in [0.2, 0.25) is 0 Å². The Kier molecular flexibility index (Phi) is 5.12. The number of hydrogen-bond acceptors (Lipinski definition) is 3. The van der Waals surface area contributed by atoms with Crippen LogP contribution < -0.4 is 5.32 Å². The lowest BCUT2D eigenvalue weighted by Crippen LogP contribution is -2.47. The van der Waals surface area contributed by atoms with Crippen LogP contribution in [-0.2, 0) is 11.2 Å². The predicted octanol–water partition coefficient (Wildman–Crippen LogP) is 2.81. The van der Waals surface area contributed by atoms with Crippen molar-refractivity contribution in [2.45, 2.75) is 12.5 Å². The van der Waals surface area contributed by atoms with Gasteiger partial charge < -0.3 is 10.2 Å². The molecule has 2 aliphatic heterocycles. The molecule has 1 atom stereocenters. The molecule has 0 bridgehead atoms. The van der Waals surface area contributed by atoms with E-state index >= 15 is 0 Å². The third kappa shape index (κ3) is 3.63. The second-order valence-electron chi connectivity index (χ2n) is 6.99. The van der Waals surface area contributed by atoms with Gasteiger partial charge in [0.1, 0.15) is 5.82 Å². The maximum Gasteiger partial charge on any atom is 0.322 e. The number of pyridine rings is 1. The molecule has 1 N–H and O–H groups in total. The highest BCUT2D eigenvalue weighted by Gasteiger charge is 2.43. The Labute approximate surface area is 168 Å². The number of aromatic nitrogens is 1. The van der Waals surface area contributed by atoms with Crippen LogP contribution in [-0.4, -0.2) is 46.4 Å². The van der Waals surface area contributed by atoms with Crippen molar-refractivity contribution in [3.8, 4) is 0 Å². The Hall–Kier alpha value is -3.48. The zero-order valence-electron chi connectivity index (χ0n) is 15.8. The fourth-order valence-corrected chi connectivity index (χ4v) is 3.75.